The van der Waals surface area contributed by atoms with E-state index in [9.17, 15) is 14.0 Å². The number of anilines is 2. The first-order valence-corrected chi connectivity index (χ1v) is 10.5. The molecule has 0 saturated carbocycles. The van der Waals surface area contributed by atoms with Crippen LogP contribution in [0.3, 0.4) is 0 Å². The van der Waals surface area contributed by atoms with E-state index < -0.39 is 17.6 Å². The Morgan fingerprint density at radius 3 is 2.67 bits per heavy atom. The molecule has 1 fully saturated rings. The van der Waals surface area contributed by atoms with E-state index in [4.69, 9.17) is 23.8 Å². The van der Waals surface area contributed by atoms with Gasteiger partial charge >= 0.3 is 0 Å². The van der Waals surface area contributed by atoms with Crippen molar-refractivity contribution in [3.63, 3.8) is 0 Å². The first kappa shape index (κ1) is 20.5. The van der Waals surface area contributed by atoms with Crippen LogP contribution in [0, 0.1) is 5.82 Å². The van der Waals surface area contributed by atoms with Gasteiger partial charge in [0.25, 0.3) is 11.8 Å². The molecule has 2 aliphatic heterocycles. The van der Waals surface area contributed by atoms with Crippen LogP contribution < -0.4 is 15.1 Å². The molecule has 4 rings (SSSR count). The van der Waals surface area contributed by atoms with Gasteiger partial charge in [0.05, 0.1) is 5.69 Å². The number of hydrogen-bond acceptors (Lipinski definition) is 4. The van der Waals surface area contributed by atoms with Crippen LogP contribution in [0.25, 0.3) is 6.08 Å². The van der Waals surface area contributed by atoms with E-state index in [1.165, 1.54) is 34.7 Å². The predicted octanol–water partition coefficient (Wildman–Crippen LogP) is 3.65. The largest absolute Gasteiger partial charge is 0.371 e. The van der Waals surface area contributed by atoms with Crippen molar-refractivity contribution >= 4 is 58.2 Å². The lowest BCUT2D eigenvalue weighted by molar-refractivity contribution is -0.122. The Hall–Kier alpha value is -2.77. The number of amides is 2. The van der Waals surface area contributed by atoms with Gasteiger partial charge < -0.3 is 4.90 Å². The monoisotopic (exact) mass is 443 g/mol. The molecule has 2 heterocycles. The number of nitrogens with zero attached hydrogens (tertiary/aromatic N) is 2. The molecule has 0 atom stereocenters. The van der Waals surface area contributed by atoms with Gasteiger partial charge in [0.2, 0.25) is 0 Å². The second kappa shape index (κ2) is 8.53. The minimum absolute atomic E-state index is 0.0233. The average molecular weight is 444 g/mol. The minimum atomic E-state index is -0.549. The van der Waals surface area contributed by atoms with Gasteiger partial charge in [0.1, 0.15) is 11.4 Å². The maximum absolute atomic E-state index is 13.3. The summed E-state index contributed by atoms with van der Waals surface area (Å²) < 4.78 is 13.3. The van der Waals surface area contributed by atoms with E-state index in [1.807, 2.05) is 18.2 Å². The lowest BCUT2D eigenvalue weighted by Gasteiger charge is -2.28. The molecule has 154 valence electrons. The SMILES string of the molecule is O=C1NC(=S)N(c2ccc(F)cc2)C(=O)/C1=C/c1ccc2c(c1)CCN2CCCCl. The summed E-state index contributed by atoms with van der Waals surface area (Å²) in [5.74, 6) is -0.890. The van der Waals surface area contributed by atoms with Gasteiger partial charge in [-0.15, -0.1) is 11.6 Å². The van der Waals surface area contributed by atoms with Crippen LogP contribution >= 0.6 is 23.8 Å². The van der Waals surface area contributed by atoms with Crippen molar-refractivity contribution in [2.45, 2.75) is 12.8 Å². The number of thiocarbonyl (C=S) groups is 1. The van der Waals surface area contributed by atoms with Crippen molar-refractivity contribution in [2.24, 2.45) is 0 Å². The molecule has 0 unspecified atom stereocenters. The molecular formula is C22H19ClFN3O2S. The van der Waals surface area contributed by atoms with Crippen LogP contribution in [0.4, 0.5) is 15.8 Å². The fraction of sp³-hybridized carbons (Fsp3) is 0.227. The Bertz CT molecular complexity index is 1050. The maximum atomic E-state index is 13.3. The van der Waals surface area contributed by atoms with Crippen molar-refractivity contribution in [3.05, 3.63) is 65.0 Å². The van der Waals surface area contributed by atoms with E-state index >= 15 is 0 Å². The van der Waals surface area contributed by atoms with Gasteiger partial charge in [-0.25, -0.2) is 4.39 Å². The van der Waals surface area contributed by atoms with Crippen LogP contribution in [0.15, 0.2) is 48.0 Å². The molecule has 8 heteroatoms. The highest BCUT2D eigenvalue weighted by Crippen LogP contribution is 2.30. The zero-order valence-corrected chi connectivity index (χ0v) is 17.6. The molecule has 0 bridgehead atoms. The molecule has 2 aromatic rings. The van der Waals surface area contributed by atoms with Crippen LogP contribution in [0.1, 0.15) is 17.5 Å². The highest BCUT2D eigenvalue weighted by Gasteiger charge is 2.34. The van der Waals surface area contributed by atoms with E-state index in [-0.39, 0.29) is 10.7 Å². The third-order valence-electron chi connectivity index (χ3n) is 5.15. The summed E-state index contributed by atoms with van der Waals surface area (Å²) in [5.41, 5.74) is 3.47. The molecule has 2 aromatic carbocycles. The molecule has 2 aliphatic rings. The van der Waals surface area contributed by atoms with E-state index in [1.54, 1.807) is 6.08 Å². The topological polar surface area (TPSA) is 52.7 Å². The van der Waals surface area contributed by atoms with Gasteiger partial charge in [-0.1, -0.05) is 6.07 Å². The zero-order chi connectivity index (χ0) is 21.3. The Balaban J connectivity index is 1.62. The second-order valence-electron chi connectivity index (χ2n) is 7.10. The van der Waals surface area contributed by atoms with Crippen LogP contribution in [0.2, 0.25) is 0 Å². The molecule has 0 aliphatic carbocycles. The molecular weight excluding hydrogens is 425 g/mol. The molecule has 1 N–H and O–H groups in total. The first-order chi connectivity index (χ1) is 14.5. The number of benzene rings is 2. The molecule has 1 saturated heterocycles. The highest BCUT2D eigenvalue weighted by molar-refractivity contribution is 7.80. The quantitative estimate of drug-likeness (QED) is 0.332. The second-order valence-corrected chi connectivity index (χ2v) is 7.87. The molecule has 0 radical (unpaired) electrons. The third kappa shape index (κ3) is 3.95. The maximum Gasteiger partial charge on any atom is 0.270 e. The Kier molecular flexibility index (Phi) is 5.83. The number of halogens is 2. The van der Waals surface area contributed by atoms with Gasteiger partial charge in [-0.2, -0.15) is 0 Å². The third-order valence-corrected chi connectivity index (χ3v) is 5.71. The summed E-state index contributed by atoms with van der Waals surface area (Å²) in [6, 6.07) is 11.3. The number of hydrogen-bond donors (Lipinski definition) is 1. The number of rotatable bonds is 5. The van der Waals surface area contributed by atoms with Crippen LogP contribution in [-0.4, -0.2) is 35.9 Å². The molecule has 2 amide bonds. The van der Waals surface area contributed by atoms with Gasteiger partial charge in [-0.3, -0.25) is 19.8 Å². The first-order valence-electron chi connectivity index (χ1n) is 9.59. The molecule has 0 aromatic heterocycles. The number of fused-ring (bicyclic) bond motifs is 1. The zero-order valence-electron chi connectivity index (χ0n) is 16.0. The summed E-state index contributed by atoms with van der Waals surface area (Å²) in [6.07, 6.45) is 3.39. The molecule has 30 heavy (non-hydrogen) atoms. The number of alkyl halides is 1. The van der Waals surface area contributed by atoms with E-state index in [0.29, 0.717) is 11.6 Å². The number of nitrogens with one attached hydrogen (secondary N) is 1. The van der Waals surface area contributed by atoms with Gasteiger partial charge in [0, 0.05) is 24.7 Å². The van der Waals surface area contributed by atoms with Crippen molar-refractivity contribution < 1.29 is 14.0 Å². The number of carbonyl (C=O) groups excluding carboxylic acids is 2. The van der Waals surface area contributed by atoms with Crippen LogP contribution in [-0.2, 0) is 16.0 Å². The lowest BCUT2D eigenvalue weighted by Crippen LogP contribution is -2.54. The fourth-order valence-electron chi connectivity index (χ4n) is 3.71. The minimum Gasteiger partial charge on any atom is -0.371 e. The average Bonchev–Trinajstić information content (AvgIpc) is 3.13. The van der Waals surface area contributed by atoms with Gasteiger partial charge in [-0.05, 0) is 78.7 Å². The smallest absolute Gasteiger partial charge is 0.270 e. The standard InChI is InChI=1S/C22H19ClFN3O2S/c23-9-1-10-26-11-8-15-12-14(2-7-19(15)26)13-18-20(28)25-22(30)27(21(18)29)17-5-3-16(24)4-6-17/h2-7,12-13H,1,8-11H2,(H,25,28,30)/b18-13+. The highest BCUT2D eigenvalue weighted by atomic mass is 35.5. The number of carbonyl (C=O) groups is 2. The van der Waals surface area contributed by atoms with Crippen LogP contribution in [0.5, 0.6) is 0 Å². The summed E-state index contributed by atoms with van der Waals surface area (Å²) in [4.78, 5) is 29.0. The Morgan fingerprint density at radius 1 is 1.17 bits per heavy atom. The lowest BCUT2D eigenvalue weighted by atomic mass is 10.0. The van der Waals surface area contributed by atoms with Crippen molar-refractivity contribution in [2.75, 3.05) is 28.8 Å². The van der Waals surface area contributed by atoms with Crippen molar-refractivity contribution in [1.82, 2.24) is 5.32 Å². The molecule has 0 spiro atoms. The van der Waals surface area contributed by atoms with E-state index in [0.717, 1.165) is 37.2 Å². The van der Waals surface area contributed by atoms with E-state index in [2.05, 4.69) is 10.2 Å². The summed E-state index contributed by atoms with van der Waals surface area (Å²) >= 11 is 11.0. The Morgan fingerprint density at radius 2 is 1.93 bits per heavy atom. The van der Waals surface area contributed by atoms with Gasteiger partial charge in [0.15, 0.2) is 5.11 Å². The predicted molar refractivity (Wildman–Crippen MR) is 120 cm³/mol. The van der Waals surface area contributed by atoms with Crippen molar-refractivity contribution in [1.29, 1.82) is 0 Å². The summed E-state index contributed by atoms with van der Waals surface area (Å²) in [6.45, 7) is 1.83. The normalized spacial score (nSPS) is 17.5. The summed E-state index contributed by atoms with van der Waals surface area (Å²) in [7, 11) is 0. The summed E-state index contributed by atoms with van der Waals surface area (Å²) in [5, 5.41) is 2.51. The van der Waals surface area contributed by atoms with Crippen molar-refractivity contribution in [3.8, 4) is 0 Å². The Labute approximate surface area is 184 Å². The fourth-order valence-corrected chi connectivity index (χ4v) is 4.11. The molecule has 5 nitrogen and oxygen atoms in total.